The zero-order chi connectivity index (χ0) is 12.8. The Labute approximate surface area is 108 Å². The van der Waals surface area contributed by atoms with Gasteiger partial charge in [0.05, 0.1) is 12.2 Å². The Bertz CT molecular complexity index is 358. The van der Waals surface area contributed by atoms with Gasteiger partial charge in [0, 0.05) is 18.5 Å². The Kier molecular flexibility index (Phi) is 5.48. The molecule has 0 fully saturated rings. The maximum Gasteiger partial charge on any atom is 0.221 e. The molecule has 0 N–H and O–H groups in total. The Morgan fingerprint density at radius 1 is 1.41 bits per heavy atom. The second kappa shape index (κ2) is 6.64. The predicted octanol–water partition coefficient (Wildman–Crippen LogP) is 2.64. The minimum atomic E-state index is 0.344. The molecule has 17 heavy (non-hydrogen) atoms. The first-order valence-electron chi connectivity index (χ1n) is 5.88. The molecular weight excluding hydrogens is 238 g/mol. The molecule has 0 aliphatic heterocycles. The normalized spacial score (nSPS) is 10.7. The molecule has 0 saturated heterocycles. The van der Waals surface area contributed by atoms with Crippen LogP contribution in [0.15, 0.2) is 6.33 Å². The lowest BCUT2D eigenvalue weighted by molar-refractivity contribution is 0.323. The topological polar surface area (TPSA) is 38.3 Å². The minimum absolute atomic E-state index is 0.344. The smallest absolute Gasteiger partial charge is 0.221 e. The Morgan fingerprint density at radius 2 is 2.12 bits per heavy atom. The molecule has 0 saturated carbocycles. The van der Waals surface area contributed by atoms with Gasteiger partial charge in [0.15, 0.2) is 0 Å². The number of rotatable bonds is 6. The highest BCUT2D eigenvalue weighted by Crippen LogP contribution is 2.25. The van der Waals surface area contributed by atoms with Gasteiger partial charge in [-0.15, -0.1) is 11.6 Å². The van der Waals surface area contributed by atoms with E-state index in [9.17, 15) is 0 Å². The van der Waals surface area contributed by atoms with Gasteiger partial charge < -0.3 is 9.64 Å². The third-order valence-electron chi connectivity index (χ3n) is 2.51. The molecule has 1 heterocycles. The summed E-state index contributed by atoms with van der Waals surface area (Å²) in [7, 11) is 0. The number of hydrogen-bond acceptors (Lipinski definition) is 4. The molecule has 0 atom stereocenters. The van der Waals surface area contributed by atoms with Crippen LogP contribution in [0.25, 0.3) is 0 Å². The van der Waals surface area contributed by atoms with E-state index in [1.165, 1.54) is 6.33 Å². The van der Waals surface area contributed by atoms with Crippen molar-refractivity contribution < 1.29 is 4.74 Å². The summed E-state index contributed by atoms with van der Waals surface area (Å²) in [5.41, 5.74) is 0.966. The first-order chi connectivity index (χ1) is 8.11. The molecule has 0 bridgehead atoms. The van der Waals surface area contributed by atoms with Crippen LogP contribution in [0.1, 0.15) is 26.3 Å². The summed E-state index contributed by atoms with van der Waals surface area (Å²) in [4.78, 5) is 10.6. The largest absolute Gasteiger partial charge is 0.478 e. The molecular formula is C12H20ClN3O. The summed E-state index contributed by atoms with van der Waals surface area (Å²) < 4.78 is 5.47. The van der Waals surface area contributed by atoms with Crippen LogP contribution in [0.3, 0.4) is 0 Å². The standard InChI is InChI=1S/C12H20ClN3O/c1-5-17-12-10(4)11(14-8-15-12)16(7-6-13)9(2)3/h8-9H,5-7H2,1-4H3. The molecule has 5 heteroatoms. The predicted molar refractivity (Wildman–Crippen MR) is 71.1 cm³/mol. The van der Waals surface area contributed by atoms with Crippen LogP contribution >= 0.6 is 11.6 Å². The lowest BCUT2D eigenvalue weighted by Crippen LogP contribution is -2.34. The van der Waals surface area contributed by atoms with Crippen LogP contribution in [-0.2, 0) is 0 Å². The van der Waals surface area contributed by atoms with Crippen LogP contribution in [0, 0.1) is 6.92 Å². The van der Waals surface area contributed by atoms with Gasteiger partial charge in [-0.05, 0) is 27.7 Å². The van der Waals surface area contributed by atoms with Crippen molar-refractivity contribution in [3.63, 3.8) is 0 Å². The van der Waals surface area contributed by atoms with E-state index in [2.05, 4.69) is 28.7 Å². The van der Waals surface area contributed by atoms with Gasteiger partial charge in [-0.3, -0.25) is 0 Å². The van der Waals surface area contributed by atoms with Gasteiger partial charge in [0.2, 0.25) is 5.88 Å². The van der Waals surface area contributed by atoms with Gasteiger partial charge >= 0.3 is 0 Å². The van der Waals surface area contributed by atoms with Crippen molar-refractivity contribution >= 4 is 17.4 Å². The molecule has 0 aromatic carbocycles. The summed E-state index contributed by atoms with van der Waals surface area (Å²) in [6, 6.07) is 0.344. The Hall–Kier alpha value is -1.03. The SMILES string of the molecule is CCOc1ncnc(N(CCCl)C(C)C)c1C. The van der Waals surface area contributed by atoms with Crippen molar-refractivity contribution in [3.8, 4) is 5.88 Å². The Balaban J connectivity index is 3.06. The van der Waals surface area contributed by atoms with Crippen LogP contribution in [-0.4, -0.2) is 35.0 Å². The highest BCUT2D eigenvalue weighted by atomic mass is 35.5. The molecule has 0 aliphatic rings. The number of alkyl halides is 1. The lowest BCUT2D eigenvalue weighted by Gasteiger charge is -2.28. The second-order valence-corrected chi connectivity index (χ2v) is 4.41. The maximum absolute atomic E-state index is 5.83. The van der Waals surface area contributed by atoms with E-state index in [0.29, 0.717) is 24.4 Å². The summed E-state index contributed by atoms with van der Waals surface area (Å²) in [5, 5.41) is 0. The van der Waals surface area contributed by atoms with Crippen LogP contribution in [0.4, 0.5) is 5.82 Å². The number of aromatic nitrogens is 2. The highest BCUT2D eigenvalue weighted by molar-refractivity contribution is 6.18. The molecule has 4 nitrogen and oxygen atoms in total. The number of hydrogen-bond donors (Lipinski definition) is 0. The third kappa shape index (κ3) is 3.46. The minimum Gasteiger partial charge on any atom is -0.478 e. The van der Waals surface area contributed by atoms with E-state index in [1.54, 1.807) is 0 Å². The van der Waals surface area contributed by atoms with Gasteiger partial charge in [0.25, 0.3) is 0 Å². The van der Waals surface area contributed by atoms with Crippen LogP contribution in [0.5, 0.6) is 5.88 Å². The summed E-state index contributed by atoms with van der Waals surface area (Å²) in [6.07, 6.45) is 1.54. The maximum atomic E-state index is 5.83. The first-order valence-corrected chi connectivity index (χ1v) is 6.42. The molecule has 0 aliphatic carbocycles. The third-order valence-corrected chi connectivity index (χ3v) is 2.68. The molecule has 1 aromatic heterocycles. The fourth-order valence-corrected chi connectivity index (χ4v) is 1.88. The average molecular weight is 258 g/mol. The zero-order valence-electron chi connectivity index (χ0n) is 10.9. The quantitative estimate of drug-likeness (QED) is 0.735. The van der Waals surface area contributed by atoms with E-state index in [-0.39, 0.29) is 0 Å². The second-order valence-electron chi connectivity index (χ2n) is 4.04. The van der Waals surface area contributed by atoms with Gasteiger partial charge in [-0.1, -0.05) is 0 Å². The van der Waals surface area contributed by atoms with Gasteiger partial charge in [-0.25, -0.2) is 9.97 Å². The lowest BCUT2D eigenvalue weighted by atomic mass is 10.2. The number of halogens is 1. The summed E-state index contributed by atoms with van der Waals surface area (Å²) >= 11 is 5.83. The van der Waals surface area contributed by atoms with Gasteiger partial charge in [-0.2, -0.15) is 0 Å². The molecule has 1 aromatic rings. The highest BCUT2D eigenvalue weighted by Gasteiger charge is 2.16. The van der Waals surface area contributed by atoms with E-state index in [0.717, 1.165) is 17.9 Å². The number of nitrogens with zero attached hydrogens (tertiary/aromatic N) is 3. The van der Waals surface area contributed by atoms with Crippen molar-refractivity contribution in [2.24, 2.45) is 0 Å². The zero-order valence-corrected chi connectivity index (χ0v) is 11.7. The van der Waals surface area contributed by atoms with Crippen molar-refractivity contribution in [1.82, 2.24) is 9.97 Å². The van der Waals surface area contributed by atoms with Gasteiger partial charge in [0.1, 0.15) is 12.1 Å². The summed E-state index contributed by atoms with van der Waals surface area (Å²) in [6.45, 7) is 9.53. The number of ether oxygens (including phenoxy) is 1. The monoisotopic (exact) mass is 257 g/mol. The van der Waals surface area contributed by atoms with Crippen molar-refractivity contribution in [2.75, 3.05) is 23.9 Å². The van der Waals surface area contributed by atoms with E-state index >= 15 is 0 Å². The molecule has 1 rings (SSSR count). The van der Waals surface area contributed by atoms with Crippen molar-refractivity contribution in [1.29, 1.82) is 0 Å². The molecule has 0 spiro atoms. The number of anilines is 1. The molecule has 0 unspecified atom stereocenters. The fraction of sp³-hybridized carbons (Fsp3) is 0.667. The van der Waals surface area contributed by atoms with E-state index in [4.69, 9.17) is 16.3 Å². The Morgan fingerprint density at radius 3 is 2.65 bits per heavy atom. The molecule has 96 valence electrons. The van der Waals surface area contributed by atoms with Crippen molar-refractivity contribution in [3.05, 3.63) is 11.9 Å². The summed E-state index contributed by atoms with van der Waals surface area (Å²) in [5.74, 6) is 2.13. The van der Waals surface area contributed by atoms with Crippen LogP contribution in [0.2, 0.25) is 0 Å². The molecule has 0 radical (unpaired) electrons. The fourth-order valence-electron chi connectivity index (χ4n) is 1.70. The van der Waals surface area contributed by atoms with E-state index < -0.39 is 0 Å². The van der Waals surface area contributed by atoms with Crippen LogP contribution < -0.4 is 9.64 Å². The van der Waals surface area contributed by atoms with Crippen molar-refractivity contribution in [2.45, 2.75) is 33.7 Å². The van der Waals surface area contributed by atoms with E-state index in [1.807, 2.05) is 13.8 Å². The molecule has 0 amide bonds. The average Bonchev–Trinajstić information content (AvgIpc) is 2.29. The first kappa shape index (κ1) is 14.0.